The maximum absolute atomic E-state index is 10.3. The highest BCUT2D eigenvalue weighted by Gasteiger charge is 2.16. The first kappa shape index (κ1) is 16.8. The van der Waals surface area contributed by atoms with Crippen LogP contribution in [0.15, 0.2) is 42.5 Å². The summed E-state index contributed by atoms with van der Waals surface area (Å²) in [6.45, 7) is 4.01. The van der Waals surface area contributed by atoms with Gasteiger partial charge in [-0.2, -0.15) is 0 Å². The number of phenolic OH excluding ortho intramolecular Hbond substituents is 1. The number of aromatic nitrogens is 2. The van der Waals surface area contributed by atoms with E-state index < -0.39 is 0 Å². The van der Waals surface area contributed by atoms with E-state index in [2.05, 4.69) is 10.6 Å². The SMILES string of the molecule is Cc1ccc(O)c(-c2nc(NC3CCCCNC3)c3ccccc3n2)c1. The first-order chi connectivity index (χ1) is 12.7. The Bertz CT molecular complexity index is 917. The molecule has 26 heavy (non-hydrogen) atoms. The van der Waals surface area contributed by atoms with Crippen molar-refractivity contribution in [3.05, 3.63) is 48.0 Å². The molecule has 1 aromatic heterocycles. The molecule has 4 rings (SSSR count). The van der Waals surface area contributed by atoms with Crippen molar-refractivity contribution < 1.29 is 5.11 Å². The van der Waals surface area contributed by atoms with Gasteiger partial charge in [-0.1, -0.05) is 30.2 Å². The molecule has 3 N–H and O–H groups in total. The van der Waals surface area contributed by atoms with Crippen LogP contribution in [0, 0.1) is 6.92 Å². The highest BCUT2D eigenvalue weighted by molar-refractivity contribution is 5.91. The van der Waals surface area contributed by atoms with Crippen molar-refractivity contribution in [2.75, 3.05) is 18.4 Å². The molecule has 3 aromatic rings. The van der Waals surface area contributed by atoms with Crippen LogP contribution < -0.4 is 10.6 Å². The molecule has 0 saturated carbocycles. The van der Waals surface area contributed by atoms with Gasteiger partial charge in [-0.25, -0.2) is 9.97 Å². The monoisotopic (exact) mass is 348 g/mol. The fourth-order valence-electron chi connectivity index (χ4n) is 3.47. The molecule has 0 amide bonds. The van der Waals surface area contributed by atoms with Crippen molar-refractivity contribution in [2.24, 2.45) is 0 Å². The normalized spacial score (nSPS) is 17.8. The molecule has 5 nitrogen and oxygen atoms in total. The first-order valence-corrected chi connectivity index (χ1v) is 9.25. The van der Waals surface area contributed by atoms with Crippen LogP contribution in [0.5, 0.6) is 5.75 Å². The fraction of sp³-hybridized carbons (Fsp3) is 0.333. The molecular weight excluding hydrogens is 324 g/mol. The van der Waals surface area contributed by atoms with Crippen molar-refractivity contribution in [3.8, 4) is 17.1 Å². The molecule has 1 fully saturated rings. The van der Waals surface area contributed by atoms with Crippen LogP contribution in [0.1, 0.15) is 24.8 Å². The standard InChI is InChI=1S/C21H24N4O/c1-14-9-10-19(26)17(12-14)21-24-18-8-3-2-7-16(18)20(25-21)23-15-6-4-5-11-22-13-15/h2-3,7-10,12,15,22,26H,4-6,11,13H2,1H3,(H,23,24,25). The number of hydrogen-bond acceptors (Lipinski definition) is 5. The zero-order valence-corrected chi connectivity index (χ0v) is 15.0. The van der Waals surface area contributed by atoms with E-state index >= 15 is 0 Å². The van der Waals surface area contributed by atoms with Gasteiger partial charge in [0.1, 0.15) is 11.6 Å². The van der Waals surface area contributed by atoms with E-state index in [-0.39, 0.29) is 5.75 Å². The van der Waals surface area contributed by atoms with Gasteiger partial charge in [-0.15, -0.1) is 0 Å². The number of nitrogens with one attached hydrogen (secondary N) is 2. The summed E-state index contributed by atoms with van der Waals surface area (Å²) in [6.07, 6.45) is 3.54. The molecule has 1 atom stereocenters. The van der Waals surface area contributed by atoms with Crippen LogP contribution in [0.2, 0.25) is 0 Å². The number of benzene rings is 2. The molecule has 1 aliphatic heterocycles. The van der Waals surface area contributed by atoms with Crippen molar-refractivity contribution in [3.63, 3.8) is 0 Å². The lowest BCUT2D eigenvalue weighted by atomic mass is 10.1. The average molecular weight is 348 g/mol. The Balaban J connectivity index is 1.79. The van der Waals surface area contributed by atoms with Crippen LogP contribution in [-0.4, -0.2) is 34.2 Å². The summed E-state index contributed by atoms with van der Waals surface area (Å²) in [4.78, 5) is 9.48. The Morgan fingerprint density at radius 2 is 2.00 bits per heavy atom. The number of phenols is 1. The van der Waals surface area contributed by atoms with Gasteiger partial charge in [0.15, 0.2) is 5.82 Å². The summed E-state index contributed by atoms with van der Waals surface area (Å²) in [5, 5.41) is 18.4. The Hall–Kier alpha value is -2.66. The number of aryl methyl sites for hydroxylation is 1. The summed E-state index contributed by atoms with van der Waals surface area (Å²) in [5.74, 6) is 1.59. The molecule has 0 radical (unpaired) electrons. The minimum Gasteiger partial charge on any atom is -0.507 e. The first-order valence-electron chi connectivity index (χ1n) is 9.25. The second-order valence-corrected chi connectivity index (χ2v) is 6.97. The van der Waals surface area contributed by atoms with Gasteiger partial charge < -0.3 is 15.7 Å². The lowest BCUT2D eigenvalue weighted by Crippen LogP contribution is -2.31. The van der Waals surface area contributed by atoms with E-state index in [1.807, 2.05) is 43.3 Å². The van der Waals surface area contributed by atoms with Gasteiger partial charge >= 0.3 is 0 Å². The third-order valence-corrected chi connectivity index (χ3v) is 4.88. The highest BCUT2D eigenvalue weighted by atomic mass is 16.3. The molecular formula is C21H24N4O. The predicted molar refractivity (Wildman–Crippen MR) is 106 cm³/mol. The fourth-order valence-corrected chi connectivity index (χ4v) is 3.47. The maximum atomic E-state index is 10.3. The van der Waals surface area contributed by atoms with Crippen LogP contribution in [0.4, 0.5) is 5.82 Å². The molecule has 5 heteroatoms. The lowest BCUT2D eigenvalue weighted by Gasteiger charge is -2.19. The Kier molecular flexibility index (Phi) is 4.71. The predicted octanol–water partition coefficient (Wildman–Crippen LogP) is 3.86. The van der Waals surface area contributed by atoms with E-state index in [1.54, 1.807) is 6.07 Å². The largest absolute Gasteiger partial charge is 0.507 e. The van der Waals surface area contributed by atoms with Gasteiger partial charge in [0, 0.05) is 18.0 Å². The number of fused-ring (bicyclic) bond motifs is 1. The van der Waals surface area contributed by atoms with Crippen LogP contribution in [-0.2, 0) is 0 Å². The summed E-state index contributed by atoms with van der Waals surface area (Å²) in [5.41, 5.74) is 2.61. The molecule has 2 heterocycles. The van der Waals surface area contributed by atoms with Gasteiger partial charge in [-0.05, 0) is 50.6 Å². The molecule has 1 aliphatic rings. The molecule has 0 bridgehead atoms. The molecule has 134 valence electrons. The number of para-hydroxylation sites is 1. The Labute approximate surface area is 153 Å². The molecule has 1 unspecified atom stereocenters. The van der Waals surface area contributed by atoms with E-state index in [1.165, 1.54) is 12.8 Å². The van der Waals surface area contributed by atoms with Gasteiger partial charge in [0.25, 0.3) is 0 Å². The van der Waals surface area contributed by atoms with E-state index in [9.17, 15) is 5.11 Å². The van der Waals surface area contributed by atoms with Crippen LogP contribution in [0.25, 0.3) is 22.3 Å². The number of aromatic hydroxyl groups is 1. The Morgan fingerprint density at radius 3 is 2.92 bits per heavy atom. The number of anilines is 1. The Morgan fingerprint density at radius 1 is 1.12 bits per heavy atom. The number of rotatable bonds is 3. The second kappa shape index (κ2) is 7.30. The molecule has 1 saturated heterocycles. The topological polar surface area (TPSA) is 70.1 Å². The number of nitrogens with zero attached hydrogens (tertiary/aromatic N) is 2. The summed E-state index contributed by atoms with van der Waals surface area (Å²) in [6, 6.07) is 13.9. The zero-order valence-electron chi connectivity index (χ0n) is 15.0. The summed E-state index contributed by atoms with van der Waals surface area (Å²) < 4.78 is 0. The van der Waals surface area contributed by atoms with Gasteiger partial charge in [0.05, 0.1) is 11.1 Å². The van der Waals surface area contributed by atoms with Crippen molar-refractivity contribution in [1.29, 1.82) is 0 Å². The smallest absolute Gasteiger partial charge is 0.165 e. The highest BCUT2D eigenvalue weighted by Crippen LogP contribution is 2.31. The van der Waals surface area contributed by atoms with Crippen molar-refractivity contribution in [1.82, 2.24) is 15.3 Å². The minimum absolute atomic E-state index is 0.202. The number of hydrogen-bond donors (Lipinski definition) is 3. The van der Waals surface area contributed by atoms with E-state index in [0.717, 1.165) is 41.8 Å². The second-order valence-electron chi connectivity index (χ2n) is 6.97. The molecule has 2 aromatic carbocycles. The average Bonchev–Trinajstić information content (AvgIpc) is 2.92. The summed E-state index contributed by atoms with van der Waals surface area (Å²) >= 11 is 0. The van der Waals surface area contributed by atoms with Crippen molar-refractivity contribution >= 4 is 16.7 Å². The van der Waals surface area contributed by atoms with Crippen LogP contribution in [0.3, 0.4) is 0 Å². The molecule has 0 spiro atoms. The van der Waals surface area contributed by atoms with Crippen molar-refractivity contribution in [2.45, 2.75) is 32.2 Å². The lowest BCUT2D eigenvalue weighted by molar-refractivity contribution is 0.477. The van der Waals surface area contributed by atoms with E-state index in [0.29, 0.717) is 17.4 Å². The van der Waals surface area contributed by atoms with Gasteiger partial charge in [0.2, 0.25) is 0 Å². The third kappa shape index (κ3) is 3.48. The maximum Gasteiger partial charge on any atom is 0.165 e. The van der Waals surface area contributed by atoms with Crippen LogP contribution >= 0.6 is 0 Å². The zero-order chi connectivity index (χ0) is 17.9. The molecule has 0 aliphatic carbocycles. The summed E-state index contributed by atoms with van der Waals surface area (Å²) in [7, 11) is 0. The quantitative estimate of drug-likeness (QED) is 0.670. The minimum atomic E-state index is 0.202. The third-order valence-electron chi connectivity index (χ3n) is 4.88. The van der Waals surface area contributed by atoms with Gasteiger partial charge in [-0.3, -0.25) is 0 Å². The van der Waals surface area contributed by atoms with E-state index in [4.69, 9.17) is 9.97 Å².